The van der Waals surface area contributed by atoms with Crippen LogP contribution in [-0.2, 0) is 14.8 Å². The normalized spacial score (nSPS) is 16.1. The second-order valence-corrected chi connectivity index (χ2v) is 8.56. The number of piperidine rings is 1. The molecule has 0 atom stereocenters. The summed E-state index contributed by atoms with van der Waals surface area (Å²) in [5, 5.41) is 1.52. The first kappa shape index (κ1) is 22.9. The minimum atomic E-state index is -3.57. The van der Waals surface area contributed by atoms with Crippen molar-refractivity contribution in [1.82, 2.24) is 4.31 Å². The Hall–Kier alpha value is -1.38. The fourth-order valence-electron chi connectivity index (χ4n) is 3.46. The zero-order valence-electron chi connectivity index (χ0n) is 16.2. The molecule has 1 aliphatic heterocycles. The topological polar surface area (TPSA) is 81.9 Å². The summed E-state index contributed by atoms with van der Waals surface area (Å²) in [5.41, 5.74) is 5.49. The van der Waals surface area contributed by atoms with Gasteiger partial charge in [-0.2, -0.15) is 4.31 Å². The van der Waals surface area contributed by atoms with Crippen LogP contribution in [0.1, 0.15) is 26.2 Å². The third-order valence-corrected chi connectivity index (χ3v) is 6.82. The second kappa shape index (κ2) is 10.4. The van der Waals surface area contributed by atoms with Crippen LogP contribution in [0.3, 0.4) is 0 Å². The number of halogens is 1. The van der Waals surface area contributed by atoms with E-state index in [2.05, 4.69) is 0 Å². The quantitative estimate of drug-likeness (QED) is 0.653. The zero-order chi connectivity index (χ0) is 19.3. The number of hydrogen-bond donors (Lipinski definition) is 1. The van der Waals surface area contributed by atoms with Crippen molar-refractivity contribution in [3.8, 4) is 5.75 Å². The Labute approximate surface area is 173 Å². The first-order valence-electron chi connectivity index (χ1n) is 9.54. The molecule has 3 rings (SSSR count). The Morgan fingerprint density at radius 2 is 1.79 bits per heavy atom. The molecule has 1 saturated heterocycles. The third-order valence-electron chi connectivity index (χ3n) is 4.86. The first-order chi connectivity index (χ1) is 13.1. The fourth-order valence-corrected chi connectivity index (χ4v) is 5.13. The molecule has 0 bridgehead atoms. The van der Waals surface area contributed by atoms with Gasteiger partial charge in [-0.25, -0.2) is 8.42 Å². The molecule has 0 saturated carbocycles. The number of rotatable bonds is 8. The highest BCUT2D eigenvalue weighted by atomic mass is 35.5. The lowest BCUT2D eigenvalue weighted by molar-refractivity contribution is 0.0209. The molecule has 2 aromatic carbocycles. The number of sulfonamides is 1. The lowest BCUT2D eigenvalue weighted by Gasteiger charge is -2.31. The highest BCUT2D eigenvalue weighted by Crippen LogP contribution is 2.33. The van der Waals surface area contributed by atoms with E-state index in [-0.39, 0.29) is 18.5 Å². The average Bonchev–Trinajstić information content (AvgIpc) is 2.69. The molecule has 1 fully saturated rings. The first-order valence-corrected chi connectivity index (χ1v) is 11.0. The number of hydrogen-bond acceptors (Lipinski definition) is 5. The Bertz CT molecular complexity index is 868. The maximum Gasteiger partial charge on any atom is 0.243 e. The van der Waals surface area contributed by atoms with E-state index in [9.17, 15) is 8.42 Å². The van der Waals surface area contributed by atoms with E-state index in [4.69, 9.17) is 15.2 Å². The highest BCUT2D eigenvalue weighted by molar-refractivity contribution is 7.89. The number of ether oxygens (including phenoxy) is 2. The maximum atomic E-state index is 13.3. The molecule has 28 heavy (non-hydrogen) atoms. The molecule has 2 N–H and O–H groups in total. The smallest absolute Gasteiger partial charge is 0.243 e. The predicted molar refractivity (Wildman–Crippen MR) is 114 cm³/mol. The third kappa shape index (κ3) is 4.96. The summed E-state index contributed by atoms with van der Waals surface area (Å²) in [6.07, 6.45) is 2.36. The van der Waals surface area contributed by atoms with E-state index in [0.717, 1.165) is 11.8 Å². The molecule has 0 aliphatic carbocycles. The molecule has 156 valence electrons. The molecule has 0 amide bonds. The average molecular weight is 429 g/mol. The summed E-state index contributed by atoms with van der Waals surface area (Å²) >= 11 is 0. The number of nitrogens with zero attached hydrogens (tertiary/aromatic N) is 1. The highest BCUT2D eigenvalue weighted by Gasteiger charge is 2.31. The van der Waals surface area contributed by atoms with Crippen molar-refractivity contribution in [2.75, 3.05) is 32.8 Å². The van der Waals surface area contributed by atoms with E-state index in [1.54, 1.807) is 16.4 Å². The van der Waals surface area contributed by atoms with Crippen LogP contribution >= 0.6 is 12.4 Å². The van der Waals surface area contributed by atoms with Gasteiger partial charge in [0.2, 0.25) is 10.0 Å². The van der Waals surface area contributed by atoms with Crippen molar-refractivity contribution < 1.29 is 17.9 Å². The molecular weight excluding hydrogens is 400 g/mol. The van der Waals surface area contributed by atoms with Gasteiger partial charge in [0, 0.05) is 30.5 Å². The number of nitrogens with two attached hydrogens (primary N) is 1. The van der Waals surface area contributed by atoms with E-state index in [1.165, 1.54) is 0 Å². The van der Waals surface area contributed by atoms with Crippen molar-refractivity contribution >= 4 is 33.2 Å². The molecular formula is C20H29ClN2O4S. The van der Waals surface area contributed by atoms with Crippen molar-refractivity contribution in [2.45, 2.75) is 37.2 Å². The molecule has 1 aliphatic rings. The van der Waals surface area contributed by atoms with E-state index in [1.807, 2.05) is 31.2 Å². The largest absolute Gasteiger partial charge is 0.493 e. The Morgan fingerprint density at radius 3 is 2.43 bits per heavy atom. The Balaban J connectivity index is 0.00000280. The standard InChI is InChI=1S/C20H28N2O4S.ClH/c1-2-25-19-8-9-20(18-7-4-3-6-17(18)19)27(23,24)22-13-10-16(11-14-22)26-15-5-12-21;/h3-4,6-9,16H,2,5,10-15,21H2,1H3;1H. The SMILES string of the molecule is CCOc1ccc(S(=O)(=O)N2CCC(OCCCN)CC2)c2ccccc12.Cl. The molecule has 1 heterocycles. The molecule has 8 heteroatoms. The zero-order valence-corrected chi connectivity index (χ0v) is 17.8. The van der Waals surface area contributed by atoms with Gasteiger partial charge in [-0.3, -0.25) is 0 Å². The Kier molecular flexibility index (Phi) is 8.52. The van der Waals surface area contributed by atoms with Crippen LogP contribution in [0.2, 0.25) is 0 Å². The van der Waals surface area contributed by atoms with Gasteiger partial charge >= 0.3 is 0 Å². The van der Waals surface area contributed by atoms with Gasteiger partial charge in [0.05, 0.1) is 17.6 Å². The summed E-state index contributed by atoms with van der Waals surface area (Å²) in [5.74, 6) is 0.707. The predicted octanol–water partition coefficient (Wildman–Crippen LogP) is 3.18. The minimum Gasteiger partial charge on any atom is -0.493 e. The van der Waals surface area contributed by atoms with Crippen molar-refractivity contribution in [2.24, 2.45) is 5.73 Å². The molecule has 0 unspecified atom stereocenters. The van der Waals surface area contributed by atoms with Gasteiger partial charge in [0.25, 0.3) is 0 Å². The van der Waals surface area contributed by atoms with Crippen LogP contribution in [0.4, 0.5) is 0 Å². The van der Waals surface area contributed by atoms with Gasteiger partial charge in [-0.15, -0.1) is 12.4 Å². The van der Waals surface area contributed by atoms with Gasteiger partial charge < -0.3 is 15.2 Å². The number of benzene rings is 2. The van der Waals surface area contributed by atoms with Crippen molar-refractivity contribution in [3.63, 3.8) is 0 Å². The van der Waals surface area contributed by atoms with Crippen LogP contribution in [0, 0.1) is 0 Å². The summed E-state index contributed by atoms with van der Waals surface area (Å²) in [6.45, 7) is 4.64. The number of fused-ring (bicyclic) bond motifs is 1. The van der Waals surface area contributed by atoms with Gasteiger partial charge in [0.1, 0.15) is 5.75 Å². The van der Waals surface area contributed by atoms with E-state index < -0.39 is 10.0 Å². The summed E-state index contributed by atoms with van der Waals surface area (Å²) < 4.78 is 39.5. The monoisotopic (exact) mass is 428 g/mol. The molecule has 2 aromatic rings. The van der Waals surface area contributed by atoms with Crippen LogP contribution < -0.4 is 10.5 Å². The van der Waals surface area contributed by atoms with Crippen molar-refractivity contribution in [1.29, 1.82) is 0 Å². The summed E-state index contributed by atoms with van der Waals surface area (Å²) in [7, 11) is -3.57. The van der Waals surface area contributed by atoms with E-state index >= 15 is 0 Å². The fraction of sp³-hybridized carbons (Fsp3) is 0.500. The van der Waals surface area contributed by atoms with Gasteiger partial charge in [0.15, 0.2) is 0 Å². The Morgan fingerprint density at radius 1 is 1.11 bits per heavy atom. The molecule has 0 aromatic heterocycles. The summed E-state index contributed by atoms with van der Waals surface area (Å²) in [6, 6.07) is 10.9. The van der Waals surface area contributed by atoms with Crippen LogP contribution in [0.5, 0.6) is 5.75 Å². The minimum absolute atomic E-state index is 0. The lowest BCUT2D eigenvalue weighted by atomic mass is 10.1. The van der Waals surface area contributed by atoms with Crippen LogP contribution in [-0.4, -0.2) is 51.7 Å². The van der Waals surface area contributed by atoms with Crippen LogP contribution in [0.15, 0.2) is 41.3 Å². The van der Waals surface area contributed by atoms with Crippen molar-refractivity contribution in [3.05, 3.63) is 36.4 Å². The van der Waals surface area contributed by atoms with Crippen LogP contribution in [0.25, 0.3) is 10.8 Å². The summed E-state index contributed by atoms with van der Waals surface area (Å²) in [4.78, 5) is 0.337. The molecule has 6 nitrogen and oxygen atoms in total. The maximum absolute atomic E-state index is 13.3. The molecule has 0 spiro atoms. The lowest BCUT2D eigenvalue weighted by Crippen LogP contribution is -2.41. The van der Waals surface area contributed by atoms with E-state index in [0.29, 0.717) is 61.7 Å². The second-order valence-electron chi connectivity index (χ2n) is 6.66. The van der Waals surface area contributed by atoms with Gasteiger partial charge in [-0.1, -0.05) is 24.3 Å². The molecule has 0 radical (unpaired) electrons. The van der Waals surface area contributed by atoms with Gasteiger partial charge in [-0.05, 0) is 44.9 Å².